The minimum absolute atomic E-state index is 0.150. The molecule has 0 aliphatic carbocycles. The summed E-state index contributed by atoms with van der Waals surface area (Å²) in [4.78, 5) is 30.7. The van der Waals surface area contributed by atoms with Gasteiger partial charge in [0, 0.05) is 65.4 Å². The first-order valence-corrected chi connectivity index (χ1v) is 10.4. The van der Waals surface area contributed by atoms with Crippen molar-refractivity contribution in [3.8, 4) is 0 Å². The fraction of sp³-hybridized carbons (Fsp3) is 0.619. The van der Waals surface area contributed by atoms with E-state index < -0.39 is 0 Å². The van der Waals surface area contributed by atoms with Crippen molar-refractivity contribution in [3.63, 3.8) is 0 Å². The molecule has 1 aromatic rings. The van der Waals surface area contributed by atoms with Gasteiger partial charge in [-0.15, -0.1) is 0 Å². The van der Waals surface area contributed by atoms with Crippen LogP contribution >= 0.6 is 0 Å². The Morgan fingerprint density at radius 3 is 2.54 bits per heavy atom. The zero-order valence-corrected chi connectivity index (χ0v) is 16.4. The van der Waals surface area contributed by atoms with Gasteiger partial charge in [-0.2, -0.15) is 0 Å². The summed E-state index contributed by atoms with van der Waals surface area (Å²) in [6.07, 6.45) is 1.90. The summed E-state index contributed by atoms with van der Waals surface area (Å²) in [5.41, 5.74) is 3.93. The highest BCUT2D eigenvalue weighted by atomic mass is 16.3. The Morgan fingerprint density at radius 2 is 1.79 bits per heavy atom. The molecule has 0 bridgehead atoms. The van der Waals surface area contributed by atoms with Crippen LogP contribution in [0.4, 0.5) is 0 Å². The maximum Gasteiger partial charge on any atom is 0.243 e. The van der Waals surface area contributed by atoms with E-state index in [9.17, 15) is 9.59 Å². The summed E-state index contributed by atoms with van der Waals surface area (Å²) in [6.45, 7) is 8.03. The lowest BCUT2D eigenvalue weighted by atomic mass is 10.0. The summed E-state index contributed by atoms with van der Waals surface area (Å²) in [5.74, 6) is -0.306. The van der Waals surface area contributed by atoms with E-state index in [-0.39, 0.29) is 24.5 Å². The molecule has 0 saturated carbocycles. The first-order chi connectivity index (χ1) is 13.6. The van der Waals surface area contributed by atoms with Crippen molar-refractivity contribution in [1.29, 1.82) is 0 Å². The van der Waals surface area contributed by atoms with Crippen molar-refractivity contribution in [2.45, 2.75) is 44.9 Å². The van der Waals surface area contributed by atoms with Crippen LogP contribution in [0.3, 0.4) is 0 Å². The summed E-state index contributed by atoms with van der Waals surface area (Å²) in [6, 6.07) is 6.51. The largest absolute Gasteiger partial charge is 0.396 e. The molecule has 0 radical (unpaired) electrons. The number of hydrogen-bond acceptors (Lipinski definition) is 6. The molecular formula is C21H30N4O3. The molecule has 2 amide bonds. The molecule has 3 aliphatic heterocycles. The second-order valence-corrected chi connectivity index (χ2v) is 8.17. The van der Waals surface area contributed by atoms with Gasteiger partial charge in [0.25, 0.3) is 0 Å². The average Bonchev–Trinajstić information content (AvgIpc) is 3.10. The minimum atomic E-state index is -0.194. The molecule has 7 nitrogen and oxygen atoms in total. The molecule has 1 unspecified atom stereocenters. The maximum absolute atomic E-state index is 12.2. The third-order valence-electron chi connectivity index (χ3n) is 6.17. The van der Waals surface area contributed by atoms with E-state index in [1.807, 2.05) is 0 Å². The van der Waals surface area contributed by atoms with Gasteiger partial charge in [0.15, 0.2) is 0 Å². The predicted octanol–water partition coefficient (Wildman–Crippen LogP) is 0.307. The number of nitrogens with zero attached hydrogens (tertiary/aromatic N) is 3. The van der Waals surface area contributed by atoms with E-state index in [1.165, 1.54) is 16.7 Å². The lowest BCUT2D eigenvalue weighted by Crippen LogP contribution is -2.50. The summed E-state index contributed by atoms with van der Waals surface area (Å²) < 4.78 is 0. The number of aliphatic hydroxyl groups is 1. The SMILES string of the molecule is O=C1CCC(N2Cc3ccc(CN4CCN(CCCO)CC4)cc3C2)C(=O)N1. The standard InChI is InChI=1S/C21H30N4O3/c26-11-1-6-23-7-9-24(10-8-23)13-16-2-3-17-14-25(15-18(17)12-16)19-4-5-20(27)22-21(19)28/h2-3,12,19,26H,1,4-11,13-15H2,(H,22,27,28). The number of nitrogens with one attached hydrogen (secondary N) is 1. The van der Waals surface area contributed by atoms with Gasteiger partial charge in [-0.05, 0) is 29.5 Å². The first-order valence-electron chi connectivity index (χ1n) is 10.4. The van der Waals surface area contributed by atoms with E-state index in [0.29, 0.717) is 12.8 Å². The van der Waals surface area contributed by atoms with Crippen molar-refractivity contribution in [2.75, 3.05) is 39.3 Å². The number of hydrogen-bond donors (Lipinski definition) is 2. The third-order valence-corrected chi connectivity index (χ3v) is 6.17. The fourth-order valence-electron chi connectivity index (χ4n) is 4.55. The molecule has 2 saturated heterocycles. The van der Waals surface area contributed by atoms with Gasteiger partial charge in [0.2, 0.25) is 11.8 Å². The highest BCUT2D eigenvalue weighted by Gasteiger charge is 2.34. The van der Waals surface area contributed by atoms with Gasteiger partial charge in [0.1, 0.15) is 0 Å². The van der Waals surface area contributed by atoms with Crippen LogP contribution in [0.15, 0.2) is 18.2 Å². The number of fused-ring (bicyclic) bond motifs is 1. The Hall–Kier alpha value is -1.80. The quantitative estimate of drug-likeness (QED) is 0.686. The van der Waals surface area contributed by atoms with Gasteiger partial charge in [0.05, 0.1) is 6.04 Å². The third kappa shape index (κ3) is 4.43. The van der Waals surface area contributed by atoms with E-state index >= 15 is 0 Å². The lowest BCUT2D eigenvalue weighted by molar-refractivity contribution is -0.137. The van der Waals surface area contributed by atoms with Crippen LogP contribution in [0, 0.1) is 0 Å². The summed E-state index contributed by atoms with van der Waals surface area (Å²) in [7, 11) is 0. The van der Waals surface area contributed by atoms with E-state index in [2.05, 4.69) is 38.2 Å². The van der Waals surface area contributed by atoms with Gasteiger partial charge < -0.3 is 10.0 Å². The van der Waals surface area contributed by atoms with Crippen LogP contribution in [-0.4, -0.2) is 77.0 Å². The average molecular weight is 386 g/mol. The molecular weight excluding hydrogens is 356 g/mol. The van der Waals surface area contributed by atoms with Gasteiger partial charge in [-0.25, -0.2) is 0 Å². The normalized spacial score (nSPS) is 24.4. The van der Waals surface area contributed by atoms with Crippen LogP contribution in [0.1, 0.15) is 36.0 Å². The number of carbonyl (C=O) groups excluding carboxylic acids is 2. The van der Waals surface area contributed by atoms with Gasteiger partial charge in [-0.1, -0.05) is 18.2 Å². The number of aliphatic hydroxyl groups excluding tert-OH is 1. The molecule has 1 aromatic carbocycles. The van der Waals surface area contributed by atoms with Crippen molar-refractivity contribution in [3.05, 3.63) is 34.9 Å². The summed E-state index contributed by atoms with van der Waals surface area (Å²) >= 11 is 0. The maximum atomic E-state index is 12.2. The zero-order valence-electron chi connectivity index (χ0n) is 16.4. The van der Waals surface area contributed by atoms with Crippen molar-refractivity contribution in [2.24, 2.45) is 0 Å². The second kappa shape index (κ2) is 8.69. The van der Waals surface area contributed by atoms with Crippen molar-refractivity contribution in [1.82, 2.24) is 20.0 Å². The minimum Gasteiger partial charge on any atom is -0.396 e. The smallest absolute Gasteiger partial charge is 0.243 e. The fourth-order valence-corrected chi connectivity index (χ4v) is 4.55. The molecule has 0 spiro atoms. The Bertz CT molecular complexity index is 730. The number of rotatable bonds is 6. The number of imide groups is 1. The Balaban J connectivity index is 1.32. The molecule has 0 aromatic heterocycles. The second-order valence-electron chi connectivity index (χ2n) is 8.17. The number of piperidine rings is 1. The molecule has 1 atom stereocenters. The lowest BCUT2D eigenvalue weighted by Gasteiger charge is -2.34. The van der Waals surface area contributed by atoms with Crippen LogP contribution in [0.2, 0.25) is 0 Å². The first kappa shape index (κ1) is 19.5. The van der Waals surface area contributed by atoms with E-state index in [1.54, 1.807) is 0 Å². The topological polar surface area (TPSA) is 76.1 Å². The van der Waals surface area contributed by atoms with Crippen LogP contribution in [-0.2, 0) is 29.2 Å². The number of carbonyl (C=O) groups is 2. The molecule has 3 heterocycles. The van der Waals surface area contributed by atoms with Crippen LogP contribution in [0.25, 0.3) is 0 Å². The molecule has 152 valence electrons. The van der Waals surface area contributed by atoms with Crippen LogP contribution in [0.5, 0.6) is 0 Å². The van der Waals surface area contributed by atoms with Gasteiger partial charge >= 0.3 is 0 Å². The monoisotopic (exact) mass is 386 g/mol. The molecule has 4 rings (SSSR count). The molecule has 2 fully saturated rings. The number of amides is 2. The highest BCUT2D eigenvalue weighted by Crippen LogP contribution is 2.28. The molecule has 7 heteroatoms. The van der Waals surface area contributed by atoms with E-state index in [0.717, 1.165) is 58.8 Å². The van der Waals surface area contributed by atoms with Crippen molar-refractivity contribution >= 4 is 11.8 Å². The van der Waals surface area contributed by atoms with Crippen molar-refractivity contribution < 1.29 is 14.7 Å². The summed E-state index contributed by atoms with van der Waals surface area (Å²) in [5, 5.41) is 11.4. The molecule has 28 heavy (non-hydrogen) atoms. The Labute approximate surface area is 166 Å². The van der Waals surface area contributed by atoms with Crippen LogP contribution < -0.4 is 5.32 Å². The predicted molar refractivity (Wildman–Crippen MR) is 105 cm³/mol. The Kier molecular flexibility index (Phi) is 6.06. The van der Waals surface area contributed by atoms with E-state index in [4.69, 9.17) is 5.11 Å². The molecule has 3 aliphatic rings. The highest BCUT2D eigenvalue weighted by molar-refractivity contribution is 6.00. The molecule has 2 N–H and O–H groups in total. The zero-order chi connectivity index (χ0) is 19.5. The Morgan fingerprint density at radius 1 is 1.04 bits per heavy atom. The van der Waals surface area contributed by atoms with Gasteiger partial charge in [-0.3, -0.25) is 24.7 Å². The number of piperazine rings is 1. The number of benzene rings is 1.